The molecule has 0 aromatic heterocycles. The lowest BCUT2D eigenvalue weighted by Crippen LogP contribution is -2.46. The molecule has 8 nitrogen and oxygen atoms in total. The molecule has 1 unspecified atom stereocenters. The summed E-state index contributed by atoms with van der Waals surface area (Å²) >= 11 is 0. The monoisotopic (exact) mass is 762 g/mol. The minimum Gasteiger partial charge on any atom is -0.391 e. The normalized spacial score (nSPS) is 14.4. The van der Waals surface area contributed by atoms with E-state index in [1.165, 1.54) is 154 Å². The van der Waals surface area contributed by atoms with Crippen LogP contribution in [-0.2, 0) is 18.4 Å². The first-order valence-corrected chi connectivity index (χ1v) is 23.9. The van der Waals surface area contributed by atoms with Gasteiger partial charge in [0.25, 0.3) is 0 Å². The molecule has 312 valence electrons. The van der Waals surface area contributed by atoms with Crippen LogP contribution in [-0.4, -0.2) is 73.4 Å². The molecule has 9 heteroatoms. The Labute approximate surface area is 323 Å². The molecule has 0 aromatic carbocycles. The molecule has 0 aliphatic rings. The van der Waals surface area contributed by atoms with E-state index in [9.17, 15) is 19.4 Å². The SMILES string of the molecule is CCCCCCCCCCCCCCCCCC(=O)N[C@@H](COP(=O)(O)OCC[N+](C)(C)C)[C@H](O)CCCCCCCCCCCCCCCCC. The van der Waals surface area contributed by atoms with Crippen molar-refractivity contribution in [2.45, 2.75) is 231 Å². The minimum atomic E-state index is -4.30. The van der Waals surface area contributed by atoms with Crippen LogP contribution >= 0.6 is 7.82 Å². The fraction of sp³-hybridized carbons (Fsp3) is 0.977. The summed E-state index contributed by atoms with van der Waals surface area (Å²) in [6.45, 7) is 4.91. The van der Waals surface area contributed by atoms with Gasteiger partial charge in [0.2, 0.25) is 5.91 Å². The third kappa shape index (κ3) is 37.8. The van der Waals surface area contributed by atoms with Gasteiger partial charge < -0.3 is 19.8 Å². The highest BCUT2D eigenvalue weighted by atomic mass is 31.2. The Morgan fingerprint density at radius 2 is 0.923 bits per heavy atom. The van der Waals surface area contributed by atoms with E-state index >= 15 is 0 Å². The number of carbonyl (C=O) groups excluding carboxylic acids is 1. The maximum atomic E-state index is 12.9. The lowest BCUT2D eigenvalue weighted by molar-refractivity contribution is -0.870. The molecule has 0 aliphatic carbocycles. The van der Waals surface area contributed by atoms with E-state index in [0.29, 0.717) is 23.9 Å². The van der Waals surface area contributed by atoms with Crippen LogP contribution in [0.15, 0.2) is 0 Å². The van der Waals surface area contributed by atoms with Gasteiger partial charge in [0, 0.05) is 6.42 Å². The van der Waals surface area contributed by atoms with E-state index in [2.05, 4.69) is 19.2 Å². The van der Waals surface area contributed by atoms with Crippen LogP contribution in [0.25, 0.3) is 0 Å². The number of nitrogens with one attached hydrogen (secondary N) is 1. The fourth-order valence-electron chi connectivity index (χ4n) is 6.75. The van der Waals surface area contributed by atoms with Gasteiger partial charge in [0.15, 0.2) is 0 Å². The lowest BCUT2D eigenvalue weighted by Gasteiger charge is -2.26. The number of phosphoric ester groups is 1. The van der Waals surface area contributed by atoms with Crippen LogP contribution in [0.2, 0.25) is 0 Å². The van der Waals surface area contributed by atoms with Crippen molar-refractivity contribution in [1.82, 2.24) is 5.32 Å². The maximum Gasteiger partial charge on any atom is 0.472 e. The van der Waals surface area contributed by atoms with Crippen LogP contribution < -0.4 is 5.32 Å². The van der Waals surface area contributed by atoms with Crippen molar-refractivity contribution in [3.8, 4) is 0 Å². The van der Waals surface area contributed by atoms with E-state index in [1.807, 2.05) is 21.1 Å². The second-order valence-electron chi connectivity index (χ2n) is 16.8. The highest BCUT2D eigenvalue weighted by Gasteiger charge is 2.28. The summed E-state index contributed by atoms with van der Waals surface area (Å²) in [7, 11) is 1.63. The van der Waals surface area contributed by atoms with Crippen LogP contribution in [0.3, 0.4) is 0 Å². The molecule has 0 saturated heterocycles. The van der Waals surface area contributed by atoms with E-state index in [0.717, 1.165) is 38.5 Å². The molecule has 3 atom stereocenters. The fourth-order valence-corrected chi connectivity index (χ4v) is 7.49. The zero-order chi connectivity index (χ0) is 38.6. The number of aliphatic hydroxyl groups is 1. The second kappa shape index (κ2) is 36.2. The van der Waals surface area contributed by atoms with Crippen molar-refractivity contribution in [2.75, 3.05) is 40.9 Å². The van der Waals surface area contributed by atoms with E-state index in [4.69, 9.17) is 9.05 Å². The number of phosphoric acid groups is 1. The standard InChI is InChI=1S/C43H89N2O6P/c1-6-8-10-12-14-16-18-20-22-24-26-28-30-32-34-36-42(46)41(40-51-52(48,49)50-39-38-45(3,4)5)44-43(47)37-35-33-31-29-27-25-23-21-19-17-15-13-11-9-7-2/h41-42,46H,6-40H2,1-5H3,(H-,44,47,48,49)/p+1/t41-,42+/m0/s1. The number of aliphatic hydroxyl groups excluding tert-OH is 1. The lowest BCUT2D eigenvalue weighted by atomic mass is 10.0. The van der Waals surface area contributed by atoms with Gasteiger partial charge in [-0.1, -0.05) is 200 Å². The number of quaternary nitrogens is 1. The summed E-state index contributed by atoms with van der Waals surface area (Å²) in [6.07, 6.45) is 38.3. The van der Waals surface area contributed by atoms with E-state index in [1.54, 1.807) is 0 Å². The van der Waals surface area contributed by atoms with Crippen molar-refractivity contribution in [3.63, 3.8) is 0 Å². The van der Waals surface area contributed by atoms with Crippen LogP contribution in [0.1, 0.15) is 219 Å². The molecule has 0 saturated carbocycles. The zero-order valence-electron chi connectivity index (χ0n) is 35.3. The van der Waals surface area contributed by atoms with Crippen LogP contribution in [0, 0.1) is 0 Å². The van der Waals surface area contributed by atoms with E-state index < -0.39 is 20.0 Å². The summed E-state index contributed by atoms with van der Waals surface area (Å²) in [5, 5.41) is 14.0. The molecular formula is C43H90N2O6P+. The third-order valence-electron chi connectivity index (χ3n) is 10.4. The first kappa shape index (κ1) is 51.5. The molecule has 0 aliphatic heterocycles. The van der Waals surface area contributed by atoms with Gasteiger partial charge in [0.1, 0.15) is 13.2 Å². The summed E-state index contributed by atoms with van der Waals surface area (Å²) in [6, 6.07) is -0.752. The molecule has 0 heterocycles. The maximum absolute atomic E-state index is 12.9. The topological polar surface area (TPSA) is 105 Å². The molecule has 0 fully saturated rings. The number of unbranched alkanes of at least 4 members (excludes halogenated alkanes) is 28. The number of rotatable bonds is 41. The molecular weight excluding hydrogens is 671 g/mol. The van der Waals surface area contributed by atoms with Gasteiger partial charge in [-0.25, -0.2) is 4.57 Å². The number of amides is 1. The van der Waals surface area contributed by atoms with Gasteiger partial charge in [-0.05, 0) is 12.8 Å². The summed E-state index contributed by atoms with van der Waals surface area (Å²) in [4.78, 5) is 23.1. The minimum absolute atomic E-state index is 0.0785. The molecule has 1 amide bonds. The van der Waals surface area contributed by atoms with Crippen molar-refractivity contribution < 1.29 is 32.9 Å². The molecule has 0 bridgehead atoms. The van der Waals surface area contributed by atoms with Gasteiger partial charge >= 0.3 is 7.82 Å². The number of nitrogens with zero attached hydrogens (tertiary/aromatic N) is 1. The zero-order valence-corrected chi connectivity index (χ0v) is 36.2. The summed E-state index contributed by atoms with van der Waals surface area (Å²) in [5.74, 6) is -0.141. The highest BCUT2D eigenvalue weighted by molar-refractivity contribution is 7.47. The summed E-state index contributed by atoms with van der Waals surface area (Å²) in [5.41, 5.74) is 0. The Morgan fingerprint density at radius 3 is 1.29 bits per heavy atom. The largest absolute Gasteiger partial charge is 0.472 e. The van der Waals surface area contributed by atoms with Crippen LogP contribution in [0.5, 0.6) is 0 Å². The second-order valence-corrected chi connectivity index (χ2v) is 18.2. The highest BCUT2D eigenvalue weighted by Crippen LogP contribution is 2.43. The Morgan fingerprint density at radius 1 is 0.577 bits per heavy atom. The molecule has 0 rings (SSSR count). The summed E-state index contributed by atoms with van der Waals surface area (Å²) < 4.78 is 23.6. The number of carbonyl (C=O) groups is 1. The Bertz CT molecular complexity index is 824. The van der Waals surface area contributed by atoms with E-state index in [-0.39, 0.29) is 19.1 Å². The van der Waals surface area contributed by atoms with Gasteiger partial charge in [-0.3, -0.25) is 13.8 Å². The van der Waals surface area contributed by atoms with Gasteiger partial charge in [-0.2, -0.15) is 0 Å². The van der Waals surface area contributed by atoms with Crippen molar-refractivity contribution in [2.24, 2.45) is 0 Å². The Kier molecular flexibility index (Phi) is 35.8. The molecule has 3 N–H and O–H groups in total. The quantitative estimate of drug-likeness (QED) is 0.0325. The Balaban J connectivity index is 4.34. The molecule has 0 radical (unpaired) electrons. The number of likely N-dealkylation sites (N-methyl/N-ethyl adjacent to an activating group) is 1. The van der Waals surface area contributed by atoms with Gasteiger partial charge in [-0.15, -0.1) is 0 Å². The molecule has 0 aromatic rings. The Hall–Kier alpha value is -0.500. The third-order valence-corrected chi connectivity index (χ3v) is 11.3. The predicted molar refractivity (Wildman–Crippen MR) is 222 cm³/mol. The predicted octanol–water partition coefficient (Wildman–Crippen LogP) is 12.2. The first-order chi connectivity index (χ1) is 25.0. The van der Waals surface area contributed by atoms with Gasteiger partial charge in [0.05, 0.1) is 39.9 Å². The average Bonchev–Trinajstić information content (AvgIpc) is 3.09. The number of hydrogen-bond acceptors (Lipinski definition) is 5. The number of hydrogen-bond donors (Lipinski definition) is 3. The average molecular weight is 762 g/mol. The van der Waals surface area contributed by atoms with Crippen LogP contribution in [0.4, 0.5) is 0 Å². The van der Waals surface area contributed by atoms with Crippen molar-refractivity contribution in [1.29, 1.82) is 0 Å². The molecule has 0 spiro atoms. The smallest absolute Gasteiger partial charge is 0.391 e. The molecule has 52 heavy (non-hydrogen) atoms. The first-order valence-electron chi connectivity index (χ1n) is 22.4. The van der Waals surface area contributed by atoms with Crippen molar-refractivity contribution in [3.05, 3.63) is 0 Å². The van der Waals surface area contributed by atoms with Crippen molar-refractivity contribution >= 4 is 13.7 Å².